The van der Waals surface area contributed by atoms with E-state index in [1.54, 1.807) is 7.11 Å². The molecule has 110 valence electrons. The van der Waals surface area contributed by atoms with Gasteiger partial charge in [0, 0.05) is 20.1 Å². The molecule has 0 saturated carbocycles. The van der Waals surface area contributed by atoms with E-state index >= 15 is 0 Å². The van der Waals surface area contributed by atoms with Crippen molar-refractivity contribution in [2.24, 2.45) is 5.41 Å². The van der Waals surface area contributed by atoms with Gasteiger partial charge in [-0.2, -0.15) is 0 Å². The molecule has 1 aliphatic rings. The van der Waals surface area contributed by atoms with Gasteiger partial charge >= 0.3 is 0 Å². The van der Waals surface area contributed by atoms with Crippen LogP contribution in [0.2, 0.25) is 0 Å². The molecule has 0 radical (unpaired) electrons. The lowest BCUT2D eigenvalue weighted by Gasteiger charge is -2.36. The van der Waals surface area contributed by atoms with Crippen LogP contribution in [0.3, 0.4) is 0 Å². The highest BCUT2D eigenvalue weighted by Gasteiger charge is 2.36. The van der Waals surface area contributed by atoms with E-state index in [9.17, 15) is 4.79 Å². The molecule has 1 heterocycles. The van der Waals surface area contributed by atoms with E-state index in [1.165, 1.54) is 0 Å². The first-order valence-electron chi connectivity index (χ1n) is 7.14. The summed E-state index contributed by atoms with van der Waals surface area (Å²) in [7, 11) is 3.53. The van der Waals surface area contributed by atoms with Crippen LogP contribution in [0.4, 0.5) is 0 Å². The molecule has 20 heavy (non-hydrogen) atoms. The lowest BCUT2D eigenvalue weighted by Crippen LogP contribution is -2.48. The van der Waals surface area contributed by atoms with Crippen molar-refractivity contribution in [2.45, 2.75) is 26.3 Å². The normalized spacial score (nSPS) is 22.4. The molecule has 1 unspecified atom stereocenters. The van der Waals surface area contributed by atoms with Crippen LogP contribution in [0.1, 0.15) is 25.3 Å². The monoisotopic (exact) mass is 276 g/mol. The van der Waals surface area contributed by atoms with Gasteiger partial charge in [-0.3, -0.25) is 4.79 Å². The second kappa shape index (κ2) is 6.27. The molecule has 0 bridgehead atoms. The molecule has 1 atom stereocenters. The largest absolute Gasteiger partial charge is 0.497 e. The van der Waals surface area contributed by atoms with Gasteiger partial charge in [-0.05, 0) is 44.0 Å². The molecule has 4 heteroatoms. The van der Waals surface area contributed by atoms with Gasteiger partial charge in [0.15, 0.2) is 0 Å². The topological polar surface area (TPSA) is 41.6 Å². The van der Waals surface area contributed by atoms with Crippen LogP contribution in [0, 0.1) is 5.41 Å². The zero-order valence-electron chi connectivity index (χ0n) is 12.6. The average Bonchev–Trinajstić information content (AvgIpc) is 2.47. The molecule has 0 aliphatic carbocycles. The third-order valence-electron chi connectivity index (χ3n) is 4.01. The van der Waals surface area contributed by atoms with E-state index < -0.39 is 0 Å². The number of carbonyl (C=O) groups is 1. The molecule has 1 aromatic rings. The van der Waals surface area contributed by atoms with Crippen LogP contribution in [-0.4, -0.2) is 38.1 Å². The summed E-state index contributed by atoms with van der Waals surface area (Å²) in [5.41, 5.74) is 0.818. The molecule has 1 aromatic carbocycles. The summed E-state index contributed by atoms with van der Waals surface area (Å²) < 4.78 is 5.22. The van der Waals surface area contributed by atoms with Crippen molar-refractivity contribution in [1.29, 1.82) is 0 Å². The molecule has 1 saturated heterocycles. The highest BCUT2D eigenvalue weighted by Crippen LogP contribution is 2.28. The number of piperidine rings is 1. The summed E-state index contributed by atoms with van der Waals surface area (Å²) in [6.07, 6.45) is 2.02. The number of amides is 1. The Hall–Kier alpha value is -1.55. The van der Waals surface area contributed by atoms with Crippen molar-refractivity contribution in [3.8, 4) is 5.75 Å². The number of hydrogen-bond acceptors (Lipinski definition) is 3. The van der Waals surface area contributed by atoms with Gasteiger partial charge < -0.3 is 15.0 Å². The van der Waals surface area contributed by atoms with E-state index in [0.717, 1.165) is 37.2 Å². The fourth-order valence-electron chi connectivity index (χ4n) is 2.82. The van der Waals surface area contributed by atoms with Crippen molar-refractivity contribution >= 4 is 5.91 Å². The van der Waals surface area contributed by atoms with Gasteiger partial charge in [0.25, 0.3) is 0 Å². The van der Waals surface area contributed by atoms with Crippen molar-refractivity contribution in [2.75, 3.05) is 27.2 Å². The Bertz CT molecular complexity index is 467. The van der Waals surface area contributed by atoms with Crippen LogP contribution < -0.4 is 10.1 Å². The molecule has 2 rings (SSSR count). The first kappa shape index (κ1) is 14.9. The molecular formula is C16H24N2O2. The zero-order valence-corrected chi connectivity index (χ0v) is 12.6. The molecule has 0 aromatic heterocycles. The van der Waals surface area contributed by atoms with Gasteiger partial charge in [0.1, 0.15) is 5.75 Å². The predicted octanol–water partition coefficient (Wildman–Crippen LogP) is 2.04. The van der Waals surface area contributed by atoms with E-state index in [2.05, 4.69) is 12.2 Å². The molecular weight excluding hydrogens is 252 g/mol. The standard InChI is InChI=1S/C16H24N2O2/c1-16(8-5-9-17-12-16)15(19)18(2)11-13-6-4-7-14(10-13)20-3/h4,6-7,10,17H,5,8-9,11-12H2,1-3H3. The highest BCUT2D eigenvalue weighted by molar-refractivity contribution is 5.82. The Kier molecular flexibility index (Phi) is 4.65. The Balaban J connectivity index is 2.03. The number of nitrogens with one attached hydrogen (secondary N) is 1. The Morgan fingerprint density at radius 1 is 1.50 bits per heavy atom. The summed E-state index contributed by atoms with van der Waals surface area (Å²) in [5, 5.41) is 3.33. The number of carbonyl (C=O) groups excluding carboxylic acids is 1. The van der Waals surface area contributed by atoms with Gasteiger partial charge in [-0.25, -0.2) is 0 Å². The van der Waals surface area contributed by atoms with E-state index in [4.69, 9.17) is 4.74 Å². The number of benzene rings is 1. The summed E-state index contributed by atoms with van der Waals surface area (Å²) >= 11 is 0. The number of rotatable bonds is 4. The number of ether oxygens (including phenoxy) is 1. The number of hydrogen-bond donors (Lipinski definition) is 1. The van der Waals surface area contributed by atoms with Crippen LogP contribution >= 0.6 is 0 Å². The second-order valence-corrected chi connectivity index (χ2v) is 5.85. The summed E-state index contributed by atoms with van der Waals surface area (Å²) in [5.74, 6) is 1.04. The van der Waals surface area contributed by atoms with Crippen molar-refractivity contribution in [3.63, 3.8) is 0 Å². The first-order valence-corrected chi connectivity index (χ1v) is 7.14. The summed E-state index contributed by atoms with van der Waals surface area (Å²) in [6.45, 7) is 4.46. The van der Waals surface area contributed by atoms with Crippen LogP contribution in [0.5, 0.6) is 5.75 Å². The number of nitrogens with zero attached hydrogens (tertiary/aromatic N) is 1. The fraction of sp³-hybridized carbons (Fsp3) is 0.562. The maximum Gasteiger partial charge on any atom is 0.229 e. The molecule has 1 N–H and O–H groups in total. The van der Waals surface area contributed by atoms with E-state index in [1.807, 2.05) is 36.2 Å². The third-order valence-corrected chi connectivity index (χ3v) is 4.01. The Labute approximate surface area is 121 Å². The SMILES string of the molecule is COc1cccc(CN(C)C(=O)C2(C)CCCNC2)c1. The first-order chi connectivity index (χ1) is 9.55. The Morgan fingerprint density at radius 2 is 2.30 bits per heavy atom. The van der Waals surface area contributed by atoms with E-state index in [-0.39, 0.29) is 11.3 Å². The molecule has 0 spiro atoms. The average molecular weight is 276 g/mol. The van der Waals surface area contributed by atoms with Crippen LogP contribution in [0.25, 0.3) is 0 Å². The second-order valence-electron chi connectivity index (χ2n) is 5.85. The third kappa shape index (κ3) is 3.31. The zero-order chi connectivity index (χ0) is 14.6. The molecule has 1 fully saturated rings. The van der Waals surface area contributed by atoms with Gasteiger partial charge in [-0.1, -0.05) is 12.1 Å². The van der Waals surface area contributed by atoms with Crippen LogP contribution in [0.15, 0.2) is 24.3 Å². The molecule has 4 nitrogen and oxygen atoms in total. The number of methoxy groups -OCH3 is 1. The van der Waals surface area contributed by atoms with Gasteiger partial charge in [0.2, 0.25) is 5.91 Å². The lowest BCUT2D eigenvalue weighted by molar-refractivity contribution is -0.141. The van der Waals surface area contributed by atoms with Crippen molar-refractivity contribution in [3.05, 3.63) is 29.8 Å². The lowest BCUT2D eigenvalue weighted by atomic mass is 9.81. The minimum atomic E-state index is -0.272. The highest BCUT2D eigenvalue weighted by atomic mass is 16.5. The van der Waals surface area contributed by atoms with E-state index in [0.29, 0.717) is 6.54 Å². The van der Waals surface area contributed by atoms with Crippen LogP contribution in [-0.2, 0) is 11.3 Å². The van der Waals surface area contributed by atoms with Crippen molar-refractivity contribution in [1.82, 2.24) is 10.2 Å². The quantitative estimate of drug-likeness (QED) is 0.915. The smallest absolute Gasteiger partial charge is 0.229 e. The molecule has 1 amide bonds. The van der Waals surface area contributed by atoms with Crippen molar-refractivity contribution < 1.29 is 9.53 Å². The minimum Gasteiger partial charge on any atom is -0.497 e. The minimum absolute atomic E-state index is 0.215. The fourth-order valence-corrected chi connectivity index (χ4v) is 2.82. The predicted molar refractivity (Wildman–Crippen MR) is 79.7 cm³/mol. The molecule has 1 aliphatic heterocycles. The van der Waals surface area contributed by atoms with Gasteiger partial charge in [0.05, 0.1) is 12.5 Å². The maximum absolute atomic E-state index is 12.6. The Morgan fingerprint density at radius 3 is 2.95 bits per heavy atom. The maximum atomic E-state index is 12.6. The summed E-state index contributed by atoms with van der Waals surface area (Å²) in [6, 6.07) is 7.87. The van der Waals surface area contributed by atoms with Gasteiger partial charge in [-0.15, -0.1) is 0 Å². The summed E-state index contributed by atoms with van der Waals surface area (Å²) in [4.78, 5) is 14.5.